The number of urea groups is 1. The van der Waals surface area contributed by atoms with Crippen molar-refractivity contribution < 1.29 is 9.59 Å². The van der Waals surface area contributed by atoms with Gasteiger partial charge in [-0.3, -0.25) is 10.1 Å². The van der Waals surface area contributed by atoms with Gasteiger partial charge in [-0.05, 0) is 6.42 Å². The van der Waals surface area contributed by atoms with Gasteiger partial charge in [0, 0.05) is 0 Å². The summed E-state index contributed by atoms with van der Waals surface area (Å²) in [6, 6.07) is -1.49. The van der Waals surface area contributed by atoms with Crippen molar-refractivity contribution in [2.75, 3.05) is 0 Å². The maximum absolute atomic E-state index is 10.8. The SMILES string of the molecule is CCC[C@H](N)C(=O)NC(N)=O. The fourth-order valence-corrected chi connectivity index (χ4v) is 0.656. The maximum atomic E-state index is 10.8. The highest BCUT2D eigenvalue weighted by molar-refractivity contribution is 5.96. The molecule has 0 heterocycles. The molecular weight excluding hydrogens is 146 g/mol. The Bertz CT molecular complexity index is 158. The van der Waals surface area contributed by atoms with E-state index in [1.54, 1.807) is 0 Å². The van der Waals surface area contributed by atoms with E-state index in [-0.39, 0.29) is 0 Å². The summed E-state index contributed by atoms with van der Waals surface area (Å²) in [7, 11) is 0. The van der Waals surface area contributed by atoms with Gasteiger partial charge in [-0.1, -0.05) is 13.3 Å². The van der Waals surface area contributed by atoms with E-state index >= 15 is 0 Å². The van der Waals surface area contributed by atoms with Crippen LogP contribution in [0.1, 0.15) is 19.8 Å². The Morgan fingerprint density at radius 1 is 1.55 bits per heavy atom. The summed E-state index contributed by atoms with van der Waals surface area (Å²) in [6.07, 6.45) is 1.35. The maximum Gasteiger partial charge on any atom is 0.318 e. The lowest BCUT2D eigenvalue weighted by Gasteiger charge is -2.07. The predicted octanol–water partition coefficient (Wildman–Crippen LogP) is -0.691. The van der Waals surface area contributed by atoms with E-state index in [0.717, 1.165) is 6.42 Å². The molecule has 11 heavy (non-hydrogen) atoms. The number of hydrogen-bond acceptors (Lipinski definition) is 3. The number of carbonyl (C=O) groups is 2. The standard InChI is InChI=1S/C6H13N3O2/c1-2-3-4(7)5(10)9-6(8)11/h4H,2-3,7H2,1H3,(H3,8,9,10,11)/t4-/m0/s1. The van der Waals surface area contributed by atoms with Gasteiger partial charge < -0.3 is 11.5 Å². The smallest absolute Gasteiger partial charge is 0.318 e. The van der Waals surface area contributed by atoms with Crippen molar-refractivity contribution in [3.63, 3.8) is 0 Å². The largest absolute Gasteiger partial charge is 0.351 e. The molecule has 5 nitrogen and oxygen atoms in total. The number of nitrogens with two attached hydrogens (primary N) is 2. The van der Waals surface area contributed by atoms with Crippen LogP contribution in [0.15, 0.2) is 0 Å². The zero-order valence-corrected chi connectivity index (χ0v) is 6.46. The summed E-state index contributed by atoms with van der Waals surface area (Å²) >= 11 is 0. The predicted molar refractivity (Wildman–Crippen MR) is 40.6 cm³/mol. The molecule has 0 rings (SSSR count). The summed E-state index contributed by atoms with van der Waals surface area (Å²) in [5.41, 5.74) is 10.1. The highest BCUT2D eigenvalue weighted by Gasteiger charge is 2.12. The molecule has 0 aliphatic carbocycles. The zero-order chi connectivity index (χ0) is 8.85. The quantitative estimate of drug-likeness (QED) is 0.508. The topological polar surface area (TPSA) is 98.2 Å². The minimum Gasteiger partial charge on any atom is -0.351 e. The number of nitrogens with one attached hydrogen (secondary N) is 1. The number of primary amides is 1. The van der Waals surface area contributed by atoms with Crippen LogP contribution in [-0.2, 0) is 4.79 Å². The van der Waals surface area contributed by atoms with Crippen LogP contribution in [-0.4, -0.2) is 18.0 Å². The normalized spacial score (nSPS) is 12.2. The number of hydrogen-bond donors (Lipinski definition) is 3. The lowest BCUT2D eigenvalue weighted by molar-refractivity contribution is -0.121. The lowest BCUT2D eigenvalue weighted by Crippen LogP contribution is -2.45. The van der Waals surface area contributed by atoms with Gasteiger partial charge in [-0.25, -0.2) is 4.79 Å². The van der Waals surface area contributed by atoms with Crippen LogP contribution in [0.2, 0.25) is 0 Å². The van der Waals surface area contributed by atoms with Gasteiger partial charge in [0.25, 0.3) is 0 Å². The molecule has 3 amide bonds. The van der Waals surface area contributed by atoms with Gasteiger partial charge in [0.2, 0.25) is 5.91 Å². The van der Waals surface area contributed by atoms with Crippen LogP contribution >= 0.6 is 0 Å². The Hall–Kier alpha value is -1.10. The first-order chi connectivity index (χ1) is 5.07. The van der Waals surface area contributed by atoms with E-state index < -0.39 is 18.0 Å². The minimum absolute atomic E-state index is 0.514. The lowest BCUT2D eigenvalue weighted by atomic mass is 10.2. The van der Waals surface area contributed by atoms with Crippen molar-refractivity contribution in [3.8, 4) is 0 Å². The molecule has 0 radical (unpaired) electrons. The van der Waals surface area contributed by atoms with Crippen molar-refractivity contribution in [2.45, 2.75) is 25.8 Å². The first-order valence-corrected chi connectivity index (χ1v) is 3.43. The molecule has 0 spiro atoms. The Kier molecular flexibility index (Phi) is 4.21. The zero-order valence-electron chi connectivity index (χ0n) is 6.46. The van der Waals surface area contributed by atoms with Crippen molar-refractivity contribution >= 4 is 11.9 Å². The van der Waals surface area contributed by atoms with Crippen LogP contribution < -0.4 is 16.8 Å². The Balaban J connectivity index is 3.73. The molecule has 0 aromatic heterocycles. The molecule has 5 heteroatoms. The summed E-state index contributed by atoms with van der Waals surface area (Å²) in [5, 5.41) is 1.90. The number of imide groups is 1. The Morgan fingerprint density at radius 2 is 2.09 bits per heavy atom. The van der Waals surface area contributed by atoms with Gasteiger partial charge in [0.05, 0.1) is 6.04 Å². The molecule has 0 aliphatic rings. The van der Waals surface area contributed by atoms with Crippen molar-refractivity contribution in [1.29, 1.82) is 0 Å². The number of rotatable bonds is 3. The third kappa shape index (κ3) is 4.32. The fraction of sp³-hybridized carbons (Fsp3) is 0.667. The van der Waals surface area contributed by atoms with Crippen molar-refractivity contribution in [3.05, 3.63) is 0 Å². The van der Waals surface area contributed by atoms with E-state index in [4.69, 9.17) is 11.5 Å². The van der Waals surface area contributed by atoms with Gasteiger partial charge in [0.1, 0.15) is 0 Å². The first kappa shape index (κ1) is 9.90. The van der Waals surface area contributed by atoms with Gasteiger partial charge in [-0.2, -0.15) is 0 Å². The molecule has 64 valence electrons. The second-order valence-electron chi connectivity index (χ2n) is 2.25. The highest BCUT2D eigenvalue weighted by atomic mass is 16.2. The molecule has 0 saturated carbocycles. The van der Waals surface area contributed by atoms with Gasteiger partial charge in [0.15, 0.2) is 0 Å². The van der Waals surface area contributed by atoms with E-state index in [9.17, 15) is 9.59 Å². The van der Waals surface area contributed by atoms with Crippen LogP contribution in [0.4, 0.5) is 4.79 Å². The van der Waals surface area contributed by atoms with Crippen LogP contribution in [0, 0.1) is 0 Å². The molecule has 0 aromatic rings. The van der Waals surface area contributed by atoms with Crippen LogP contribution in [0.25, 0.3) is 0 Å². The minimum atomic E-state index is -0.860. The number of amides is 3. The molecule has 0 bridgehead atoms. The van der Waals surface area contributed by atoms with E-state index in [2.05, 4.69) is 0 Å². The average molecular weight is 159 g/mol. The monoisotopic (exact) mass is 159 g/mol. The number of carbonyl (C=O) groups excluding carboxylic acids is 2. The second kappa shape index (κ2) is 4.68. The highest BCUT2D eigenvalue weighted by Crippen LogP contribution is 1.91. The van der Waals surface area contributed by atoms with Crippen molar-refractivity contribution in [2.24, 2.45) is 11.5 Å². The summed E-state index contributed by atoms with van der Waals surface area (Å²) in [6.45, 7) is 1.90. The van der Waals surface area contributed by atoms with E-state index in [1.807, 2.05) is 12.2 Å². The van der Waals surface area contributed by atoms with Crippen LogP contribution in [0.5, 0.6) is 0 Å². The molecule has 0 aliphatic heterocycles. The third-order valence-electron chi connectivity index (χ3n) is 1.18. The van der Waals surface area contributed by atoms with Crippen LogP contribution in [0.3, 0.4) is 0 Å². The molecule has 0 saturated heterocycles. The Morgan fingerprint density at radius 3 is 2.45 bits per heavy atom. The molecule has 1 atom stereocenters. The molecular formula is C6H13N3O2. The van der Waals surface area contributed by atoms with Crippen molar-refractivity contribution in [1.82, 2.24) is 5.32 Å². The molecule has 0 unspecified atom stereocenters. The summed E-state index contributed by atoms with van der Waals surface area (Å²) in [4.78, 5) is 21.0. The molecule has 0 aromatic carbocycles. The van der Waals surface area contributed by atoms with Gasteiger partial charge in [-0.15, -0.1) is 0 Å². The van der Waals surface area contributed by atoms with E-state index in [1.165, 1.54) is 0 Å². The molecule has 0 fully saturated rings. The first-order valence-electron chi connectivity index (χ1n) is 3.43. The fourth-order valence-electron chi connectivity index (χ4n) is 0.656. The summed E-state index contributed by atoms with van der Waals surface area (Å²) < 4.78 is 0. The summed E-state index contributed by atoms with van der Waals surface area (Å²) in [5.74, 6) is -0.514. The second-order valence-corrected chi connectivity index (χ2v) is 2.25. The van der Waals surface area contributed by atoms with E-state index in [0.29, 0.717) is 6.42 Å². The third-order valence-corrected chi connectivity index (χ3v) is 1.18. The average Bonchev–Trinajstić information content (AvgIpc) is 1.86. The molecule has 5 N–H and O–H groups in total. The van der Waals surface area contributed by atoms with Gasteiger partial charge >= 0.3 is 6.03 Å². The Labute approximate surface area is 65.1 Å².